The van der Waals surface area contributed by atoms with Gasteiger partial charge in [-0.2, -0.15) is 0 Å². The minimum Gasteiger partial charge on any atom is -0.467 e. The van der Waals surface area contributed by atoms with Crippen LogP contribution in [0.2, 0.25) is 0 Å². The highest BCUT2D eigenvalue weighted by Crippen LogP contribution is 2.47. The lowest BCUT2D eigenvalue weighted by atomic mass is 10.1. The van der Waals surface area contributed by atoms with Gasteiger partial charge in [-0.15, -0.1) is 0 Å². The molecular formula is C11H17NO6. The number of carbonyl (C=O) groups excluding carboxylic acids is 2. The Morgan fingerprint density at radius 3 is 2.50 bits per heavy atom. The third-order valence-electron chi connectivity index (χ3n) is 3.75. The molecule has 7 heteroatoms. The first-order valence-corrected chi connectivity index (χ1v) is 5.64. The minimum absolute atomic E-state index is 0.496. The summed E-state index contributed by atoms with van der Waals surface area (Å²) in [6, 6.07) is -0.829. The Labute approximate surface area is 105 Å². The van der Waals surface area contributed by atoms with Gasteiger partial charge in [0.1, 0.15) is 0 Å². The molecule has 2 heterocycles. The van der Waals surface area contributed by atoms with Crippen LogP contribution in [0.4, 0.5) is 4.79 Å². The molecule has 2 saturated heterocycles. The Kier molecular flexibility index (Phi) is 2.78. The van der Waals surface area contributed by atoms with Crippen molar-refractivity contribution in [2.45, 2.75) is 44.4 Å². The third-order valence-corrected chi connectivity index (χ3v) is 3.75. The molecule has 7 nitrogen and oxygen atoms in total. The van der Waals surface area contributed by atoms with E-state index in [0.717, 1.165) is 0 Å². The number of amides is 1. The zero-order valence-electron chi connectivity index (χ0n) is 11.1. The average molecular weight is 259 g/mol. The number of hydrogen-bond donors (Lipinski definition) is 0. The van der Waals surface area contributed by atoms with Gasteiger partial charge in [-0.3, -0.25) is 4.90 Å². The van der Waals surface area contributed by atoms with Gasteiger partial charge in [-0.05, 0) is 13.8 Å². The third kappa shape index (κ3) is 1.37. The van der Waals surface area contributed by atoms with E-state index in [1.807, 2.05) is 0 Å². The molecule has 0 aromatic rings. The van der Waals surface area contributed by atoms with Crippen LogP contribution in [0.15, 0.2) is 0 Å². The molecule has 2 aliphatic rings. The van der Waals surface area contributed by atoms with Gasteiger partial charge >= 0.3 is 12.1 Å². The normalized spacial score (nSPS) is 42.7. The summed E-state index contributed by atoms with van der Waals surface area (Å²) >= 11 is 0. The van der Waals surface area contributed by atoms with E-state index < -0.39 is 35.7 Å². The van der Waals surface area contributed by atoms with Crippen molar-refractivity contribution in [3.8, 4) is 0 Å². The zero-order chi connectivity index (χ0) is 13.7. The fraction of sp³-hybridized carbons (Fsp3) is 0.818. The molecule has 2 aliphatic heterocycles. The number of carbonyl (C=O) groups is 2. The lowest BCUT2D eigenvalue weighted by Gasteiger charge is -2.35. The van der Waals surface area contributed by atoms with Gasteiger partial charge < -0.3 is 18.9 Å². The summed E-state index contributed by atoms with van der Waals surface area (Å²) < 4.78 is 20.8. The van der Waals surface area contributed by atoms with Crippen LogP contribution in [0.5, 0.6) is 0 Å². The molecule has 0 N–H and O–H groups in total. The second kappa shape index (κ2) is 3.83. The van der Waals surface area contributed by atoms with E-state index in [2.05, 4.69) is 0 Å². The largest absolute Gasteiger partial charge is 0.467 e. The van der Waals surface area contributed by atoms with Gasteiger partial charge in [-0.25, -0.2) is 9.59 Å². The van der Waals surface area contributed by atoms with Crippen LogP contribution in [0.1, 0.15) is 20.8 Å². The van der Waals surface area contributed by atoms with Gasteiger partial charge in [-0.1, -0.05) is 0 Å². The molecule has 0 unspecified atom stereocenters. The number of methoxy groups -OCH3 is 2. The predicted octanol–water partition coefficient (Wildman–Crippen LogP) is 0.478. The fourth-order valence-electron chi connectivity index (χ4n) is 2.53. The summed E-state index contributed by atoms with van der Waals surface area (Å²) in [7, 11) is 2.68. The van der Waals surface area contributed by atoms with E-state index in [1.165, 1.54) is 19.1 Å². The number of esters is 1. The number of hydrogen-bond acceptors (Lipinski definition) is 6. The molecule has 4 atom stereocenters. The monoisotopic (exact) mass is 259 g/mol. The summed E-state index contributed by atoms with van der Waals surface area (Å²) in [5.74, 6) is -1.80. The van der Waals surface area contributed by atoms with Gasteiger partial charge in [0.25, 0.3) is 5.79 Å². The summed E-state index contributed by atoms with van der Waals surface area (Å²) in [6.45, 7) is 4.95. The Morgan fingerprint density at radius 1 is 1.39 bits per heavy atom. The van der Waals surface area contributed by atoms with Crippen molar-refractivity contribution in [2.24, 2.45) is 0 Å². The van der Waals surface area contributed by atoms with Crippen molar-refractivity contribution in [2.75, 3.05) is 14.2 Å². The molecule has 2 fully saturated rings. The Bertz CT molecular complexity index is 399. The number of fused-ring (bicyclic) bond motifs is 1. The van der Waals surface area contributed by atoms with Crippen molar-refractivity contribution < 1.29 is 28.5 Å². The first kappa shape index (κ1) is 13.1. The summed E-state index contributed by atoms with van der Waals surface area (Å²) in [5.41, 5.74) is -1.16. The maximum atomic E-state index is 11.9. The van der Waals surface area contributed by atoms with E-state index >= 15 is 0 Å². The molecule has 0 radical (unpaired) electrons. The van der Waals surface area contributed by atoms with Crippen LogP contribution in [0, 0.1) is 0 Å². The first-order chi connectivity index (χ1) is 8.30. The highest BCUT2D eigenvalue weighted by Gasteiger charge is 2.70. The lowest BCUT2D eigenvalue weighted by Crippen LogP contribution is -2.55. The lowest BCUT2D eigenvalue weighted by molar-refractivity contribution is -0.265. The zero-order valence-corrected chi connectivity index (χ0v) is 11.1. The maximum absolute atomic E-state index is 11.9. The molecule has 0 aromatic heterocycles. The first-order valence-electron chi connectivity index (χ1n) is 5.64. The maximum Gasteiger partial charge on any atom is 0.415 e. The fourth-order valence-corrected chi connectivity index (χ4v) is 2.53. The summed E-state index contributed by atoms with van der Waals surface area (Å²) in [5, 5.41) is 0. The highest BCUT2D eigenvalue weighted by molar-refractivity contribution is 5.84. The van der Waals surface area contributed by atoms with Crippen LogP contribution < -0.4 is 0 Å². The van der Waals surface area contributed by atoms with Gasteiger partial charge in [0.05, 0.1) is 13.2 Å². The minimum atomic E-state index is -1.26. The predicted molar refractivity (Wildman–Crippen MR) is 58.5 cm³/mol. The van der Waals surface area contributed by atoms with Crippen LogP contribution in [0.25, 0.3) is 0 Å². The number of ether oxygens (including phenoxy) is 4. The molecule has 18 heavy (non-hydrogen) atoms. The van der Waals surface area contributed by atoms with Crippen LogP contribution in [-0.2, 0) is 23.7 Å². The molecule has 0 bridgehead atoms. The number of nitrogens with zero attached hydrogens (tertiary/aromatic N) is 1. The molecule has 0 aromatic carbocycles. The van der Waals surface area contributed by atoms with E-state index in [-0.39, 0.29) is 0 Å². The van der Waals surface area contributed by atoms with Crippen molar-refractivity contribution in [3.05, 3.63) is 0 Å². The molecular weight excluding hydrogens is 242 g/mol. The van der Waals surface area contributed by atoms with E-state index in [9.17, 15) is 9.59 Å². The second-order valence-electron chi connectivity index (χ2n) is 4.66. The van der Waals surface area contributed by atoms with E-state index in [4.69, 9.17) is 18.9 Å². The molecule has 2 rings (SSSR count). The van der Waals surface area contributed by atoms with Gasteiger partial charge in [0.15, 0.2) is 6.04 Å². The quantitative estimate of drug-likeness (QED) is 0.671. The molecule has 1 amide bonds. The molecule has 0 aliphatic carbocycles. The van der Waals surface area contributed by atoms with Crippen LogP contribution >= 0.6 is 0 Å². The van der Waals surface area contributed by atoms with Crippen molar-refractivity contribution in [1.29, 1.82) is 0 Å². The second-order valence-corrected chi connectivity index (χ2v) is 4.66. The number of cyclic esters (lactones) is 1. The van der Waals surface area contributed by atoms with E-state index in [1.54, 1.807) is 20.8 Å². The summed E-state index contributed by atoms with van der Waals surface area (Å²) in [6.07, 6.45) is -1.15. The molecule has 0 saturated carbocycles. The van der Waals surface area contributed by atoms with Crippen molar-refractivity contribution in [1.82, 2.24) is 4.90 Å². The van der Waals surface area contributed by atoms with Gasteiger partial charge in [0, 0.05) is 14.0 Å². The van der Waals surface area contributed by atoms with Crippen molar-refractivity contribution in [3.63, 3.8) is 0 Å². The topological polar surface area (TPSA) is 74.3 Å². The standard InChI is InChI=1S/C11H17NO6/c1-6-7(8(13)15-4)12-9(14)18-11(3,16-5)10(12,2)17-6/h6-7H,1-5H3/t6-,7+,10+,11-/m1/s1. The Morgan fingerprint density at radius 2 is 2.00 bits per heavy atom. The SMILES string of the molecule is COC(=O)[C@@H]1[C@@H](C)O[C@]2(C)N1C(=O)O[C@@]2(C)OC. The molecule has 0 spiro atoms. The Balaban J connectivity index is 2.44. The van der Waals surface area contributed by atoms with Crippen molar-refractivity contribution >= 4 is 12.1 Å². The molecule has 102 valence electrons. The van der Waals surface area contributed by atoms with Gasteiger partial charge in [0.2, 0.25) is 5.72 Å². The average Bonchev–Trinajstić information content (AvgIpc) is 2.69. The van der Waals surface area contributed by atoms with E-state index in [0.29, 0.717) is 0 Å². The Hall–Kier alpha value is -1.34. The summed E-state index contributed by atoms with van der Waals surface area (Å²) in [4.78, 5) is 25.0. The smallest absolute Gasteiger partial charge is 0.415 e. The van der Waals surface area contributed by atoms with Crippen LogP contribution in [0.3, 0.4) is 0 Å². The number of rotatable bonds is 2. The van der Waals surface area contributed by atoms with Crippen LogP contribution in [-0.4, -0.2) is 54.8 Å². The highest BCUT2D eigenvalue weighted by atomic mass is 16.8.